The lowest BCUT2D eigenvalue weighted by atomic mass is 9.88. The van der Waals surface area contributed by atoms with E-state index in [0.717, 1.165) is 32.5 Å². The van der Waals surface area contributed by atoms with E-state index in [1.54, 1.807) is 0 Å². The highest BCUT2D eigenvalue weighted by Gasteiger charge is 2.31. The number of hydrogen-bond donors (Lipinski definition) is 1. The summed E-state index contributed by atoms with van der Waals surface area (Å²) in [5.41, 5.74) is 0.0585. The predicted molar refractivity (Wildman–Crippen MR) is 85.4 cm³/mol. The first-order valence-electron chi connectivity index (χ1n) is 8.49. The van der Waals surface area contributed by atoms with Crippen molar-refractivity contribution in [2.75, 3.05) is 19.6 Å². The van der Waals surface area contributed by atoms with Gasteiger partial charge in [0.25, 0.3) is 0 Å². The van der Waals surface area contributed by atoms with Gasteiger partial charge in [0.1, 0.15) is 5.60 Å². The molecule has 2 rings (SSSR count). The summed E-state index contributed by atoms with van der Waals surface area (Å²) in [6, 6.07) is 0.420. The van der Waals surface area contributed by atoms with Crippen LogP contribution in [0.15, 0.2) is 0 Å². The first-order valence-corrected chi connectivity index (χ1v) is 8.49. The van der Waals surface area contributed by atoms with Crippen LogP contribution in [0.25, 0.3) is 0 Å². The van der Waals surface area contributed by atoms with E-state index in [1.807, 2.05) is 25.7 Å². The molecule has 1 unspecified atom stereocenters. The fourth-order valence-corrected chi connectivity index (χ4v) is 3.43. The zero-order chi connectivity index (χ0) is 15.5. The number of nitrogens with zero attached hydrogens (tertiary/aromatic N) is 1. The molecule has 1 aliphatic carbocycles. The molecule has 1 saturated carbocycles. The summed E-state index contributed by atoms with van der Waals surface area (Å²) in [6.07, 6.45) is 7.47. The molecule has 1 saturated heterocycles. The number of rotatable bonds is 3. The fourth-order valence-electron chi connectivity index (χ4n) is 3.43. The minimum absolute atomic E-state index is 0.166. The van der Waals surface area contributed by atoms with Gasteiger partial charge in [-0.3, -0.25) is 0 Å². The van der Waals surface area contributed by atoms with Gasteiger partial charge in [0, 0.05) is 25.7 Å². The third kappa shape index (κ3) is 5.17. The molecule has 0 radical (unpaired) electrons. The minimum atomic E-state index is -0.408. The standard InChI is InChI=1S/C17H32N2O2/c1-16(2,3)21-15(20)19-11-7-8-14(12-19)18-13-17(4)9-5-6-10-17/h14,18H,5-13H2,1-4H3. The minimum Gasteiger partial charge on any atom is -0.444 e. The van der Waals surface area contributed by atoms with Crippen molar-refractivity contribution < 1.29 is 9.53 Å². The summed E-state index contributed by atoms with van der Waals surface area (Å²) in [5.74, 6) is 0. The molecule has 2 aliphatic rings. The highest BCUT2D eigenvalue weighted by Crippen LogP contribution is 2.36. The number of nitrogens with one attached hydrogen (secondary N) is 1. The largest absolute Gasteiger partial charge is 0.444 e. The van der Waals surface area contributed by atoms with Crippen LogP contribution >= 0.6 is 0 Å². The number of carbonyl (C=O) groups excluding carboxylic acids is 1. The van der Waals surface area contributed by atoms with Gasteiger partial charge < -0.3 is 15.0 Å². The van der Waals surface area contributed by atoms with Gasteiger partial charge in [-0.1, -0.05) is 19.8 Å². The monoisotopic (exact) mass is 296 g/mol. The van der Waals surface area contributed by atoms with Gasteiger partial charge in [-0.05, 0) is 51.9 Å². The molecule has 0 bridgehead atoms. The van der Waals surface area contributed by atoms with Gasteiger partial charge >= 0.3 is 6.09 Å². The molecule has 1 atom stereocenters. The maximum absolute atomic E-state index is 12.2. The van der Waals surface area contributed by atoms with Crippen molar-refractivity contribution >= 4 is 6.09 Å². The Morgan fingerprint density at radius 2 is 1.95 bits per heavy atom. The van der Waals surface area contributed by atoms with E-state index in [4.69, 9.17) is 4.74 Å². The molecule has 1 N–H and O–H groups in total. The smallest absolute Gasteiger partial charge is 0.410 e. The first-order chi connectivity index (χ1) is 9.77. The lowest BCUT2D eigenvalue weighted by molar-refractivity contribution is 0.0184. The van der Waals surface area contributed by atoms with E-state index in [2.05, 4.69) is 12.2 Å². The molecular formula is C17H32N2O2. The lowest BCUT2D eigenvalue weighted by Gasteiger charge is -2.36. The third-order valence-electron chi connectivity index (χ3n) is 4.70. The summed E-state index contributed by atoms with van der Waals surface area (Å²) in [6.45, 7) is 10.8. The van der Waals surface area contributed by atoms with Crippen molar-refractivity contribution in [2.45, 2.75) is 77.9 Å². The van der Waals surface area contributed by atoms with Gasteiger partial charge in [0.15, 0.2) is 0 Å². The fraction of sp³-hybridized carbons (Fsp3) is 0.941. The Balaban J connectivity index is 1.79. The van der Waals surface area contributed by atoms with E-state index in [1.165, 1.54) is 25.7 Å². The quantitative estimate of drug-likeness (QED) is 0.866. The second-order valence-electron chi connectivity index (χ2n) is 8.16. The number of piperidine rings is 1. The maximum Gasteiger partial charge on any atom is 0.410 e. The molecule has 122 valence electrons. The number of hydrogen-bond acceptors (Lipinski definition) is 3. The summed E-state index contributed by atoms with van der Waals surface area (Å²) >= 11 is 0. The Kier molecular flexibility index (Phi) is 5.18. The van der Waals surface area contributed by atoms with Gasteiger partial charge in [-0.25, -0.2) is 4.79 Å². The molecule has 4 heteroatoms. The Morgan fingerprint density at radius 1 is 1.29 bits per heavy atom. The van der Waals surface area contributed by atoms with Crippen molar-refractivity contribution in [3.8, 4) is 0 Å². The molecule has 1 heterocycles. The highest BCUT2D eigenvalue weighted by molar-refractivity contribution is 5.68. The molecule has 1 amide bonds. The van der Waals surface area contributed by atoms with Crippen LogP contribution in [0.1, 0.15) is 66.2 Å². The average Bonchev–Trinajstić information content (AvgIpc) is 2.82. The molecule has 0 spiro atoms. The Labute approximate surface area is 129 Å². The Hall–Kier alpha value is -0.770. The Morgan fingerprint density at radius 3 is 2.57 bits per heavy atom. The van der Waals surface area contributed by atoms with Crippen LogP contribution < -0.4 is 5.32 Å². The van der Waals surface area contributed by atoms with Crippen LogP contribution in [0.2, 0.25) is 0 Å². The third-order valence-corrected chi connectivity index (χ3v) is 4.70. The van der Waals surface area contributed by atoms with E-state index >= 15 is 0 Å². The molecule has 4 nitrogen and oxygen atoms in total. The highest BCUT2D eigenvalue weighted by atomic mass is 16.6. The van der Waals surface area contributed by atoms with E-state index in [-0.39, 0.29) is 6.09 Å². The van der Waals surface area contributed by atoms with Crippen LogP contribution in [-0.2, 0) is 4.74 Å². The van der Waals surface area contributed by atoms with Crippen molar-refractivity contribution in [1.29, 1.82) is 0 Å². The summed E-state index contributed by atoms with van der Waals surface area (Å²) in [5, 5.41) is 3.70. The van der Waals surface area contributed by atoms with Crippen molar-refractivity contribution in [1.82, 2.24) is 10.2 Å². The van der Waals surface area contributed by atoms with Crippen LogP contribution in [0, 0.1) is 5.41 Å². The number of likely N-dealkylation sites (tertiary alicyclic amines) is 1. The Bertz CT molecular complexity index is 356. The summed E-state index contributed by atoms with van der Waals surface area (Å²) in [7, 11) is 0. The zero-order valence-electron chi connectivity index (χ0n) is 14.2. The molecule has 0 aromatic rings. The normalized spacial score (nSPS) is 25.9. The molecule has 0 aromatic heterocycles. The predicted octanol–water partition coefficient (Wildman–Crippen LogP) is 3.56. The van der Waals surface area contributed by atoms with E-state index < -0.39 is 5.60 Å². The second-order valence-corrected chi connectivity index (χ2v) is 8.16. The molecule has 21 heavy (non-hydrogen) atoms. The summed E-state index contributed by atoms with van der Waals surface area (Å²) < 4.78 is 5.48. The van der Waals surface area contributed by atoms with Crippen molar-refractivity contribution in [3.63, 3.8) is 0 Å². The first kappa shape index (κ1) is 16.6. The molecule has 1 aliphatic heterocycles. The lowest BCUT2D eigenvalue weighted by Crippen LogP contribution is -2.50. The average molecular weight is 296 g/mol. The molecular weight excluding hydrogens is 264 g/mol. The van der Waals surface area contributed by atoms with Gasteiger partial charge in [-0.2, -0.15) is 0 Å². The molecule has 2 fully saturated rings. The number of ether oxygens (including phenoxy) is 1. The van der Waals surface area contributed by atoms with Gasteiger partial charge in [0.2, 0.25) is 0 Å². The van der Waals surface area contributed by atoms with E-state index in [9.17, 15) is 4.79 Å². The van der Waals surface area contributed by atoms with E-state index in [0.29, 0.717) is 11.5 Å². The van der Waals surface area contributed by atoms with Gasteiger partial charge in [-0.15, -0.1) is 0 Å². The van der Waals surface area contributed by atoms with Crippen LogP contribution in [0.5, 0.6) is 0 Å². The van der Waals surface area contributed by atoms with Crippen molar-refractivity contribution in [3.05, 3.63) is 0 Å². The van der Waals surface area contributed by atoms with Crippen molar-refractivity contribution in [2.24, 2.45) is 5.41 Å². The van der Waals surface area contributed by atoms with Crippen LogP contribution in [0.4, 0.5) is 4.79 Å². The SMILES string of the molecule is CC1(CNC2CCCN(C(=O)OC(C)(C)C)C2)CCCC1. The van der Waals surface area contributed by atoms with Gasteiger partial charge in [0.05, 0.1) is 0 Å². The summed E-state index contributed by atoms with van der Waals surface area (Å²) in [4.78, 5) is 14.0. The van der Waals surface area contributed by atoms with Crippen LogP contribution in [-0.4, -0.2) is 42.3 Å². The van der Waals surface area contributed by atoms with Crippen LogP contribution in [0.3, 0.4) is 0 Å². The second kappa shape index (κ2) is 6.55. The molecule has 0 aromatic carbocycles. The topological polar surface area (TPSA) is 41.6 Å². The maximum atomic E-state index is 12.2. The number of carbonyl (C=O) groups is 1. The number of amides is 1. The zero-order valence-corrected chi connectivity index (χ0v) is 14.2.